The number of hydrogen-bond donors (Lipinski definition) is 1. The van der Waals surface area contributed by atoms with Gasteiger partial charge in [0.15, 0.2) is 0 Å². The molecule has 0 aliphatic heterocycles. The summed E-state index contributed by atoms with van der Waals surface area (Å²) >= 11 is 0. The van der Waals surface area contributed by atoms with Crippen LogP contribution in [0.25, 0.3) is 0 Å². The highest BCUT2D eigenvalue weighted by molar-refractivity contribution is 5.51. The summed E-state index contributed by atoms with van der Waals surface area (Å²) in [6.07, 6.45) is 4.08. The van der Waals surface area contributed by atoms with E-state index in [1.807, 2.05) is 18.3 Å². The highest BCUT2D eigenvalue weighted by Crippen LogP contribution is 2.17. The van der Waals surface area contributed by atoms with E-state index in [2.05, 4.69) is 23.0 Å². The maximum absolute atomic E-state index is 10.6. The maximum atomic E-state index is 10.6. The zero-order valence-corrected chi connectivity index (χ0v) is 10.2. The molecule has 1 aromatic heterocycles. The molecule has 94 valence electrons. The fraction of sp³-hybridized carbons (Fsp3) is 0.231. The Hall–Kier alpha value is -2.30. The first-order valence-corrected chi connectivity index (χ1v) is 5.82. The van der Waals surface area contributed by atoms with Crippen LogP contribution in [0.2, 0.25) is 0 Å². The average molecular weight is 245 g/mol. The van der Waals surface area contributed by atoms with Gasteiger partial charge in [-0.05, 0) is 24.6 Å². The molecule has 0 spiro atoms. The summed E-state index contributed by atoms with van der Waals surface area (Å²) in [5.74, 6) is 0. The molecule has 0 aliphatic rings. The second-order valence-corrected chi connectivity index (χ2v) is 4.01. The van der Waals surface area contributed by atoms with Crippen LogP contribution >= 0.6 is 0 Å². The molecule has 0 bridgehead atoms. The molecule has 1 N–H and O–H groups in total. The van der Waals surface area contributed by atoms with Crippen LogP contribution in [-0.2, 0) is 13.1 Å². The number of nitrogens with zero attached hydrogens (tertiary/aromatic N) is 2. The Kier molecular flexibility index (Phi) is 3.62. The summed E-state index contributed by atoms with van der Waals surface area (Å²) in [4.78, 5) is 10.3. The van der Waals surface area contributed by atoms with E-state index >= 15 is 0 Å². The van der Waals surface area contributed by atoms with Crippen molar-refractivity contribution < 1.29 is 4.92 Å². The number of hydrogen-bond acceptors (Lipinski definition) is 3. The lowest BCUT2D eigenvalue weighted by molar-refractivity contribution is -0.384. The number of nitro benzene ring substituents is 1. The second-order valence-electron chi connectivity index (χ2n) is 4.01. The molecule has 5 nitrogen and oxygen atoms in total. The van der Waals surface area contributed by atoms with Crippen molar-refractivity contribution in [3.8, 4) is 0 Å². The molecule has 2 rings (SSSR count). The molecule has 2 aromatic rings. The molecular weight excluding hydrogens is 230 g/mol. The molecule has 0 amide bonds. The molecule has 18 heavy (non-hydrogen) atoms. The normalized spacial score (nSPS) is 10.3. The minimum absolute atomic E-state index is 0.103. The van der Waals surface area contributed by atoms with Gasteiger partial charge in [0.05, 0.1) is 4.92 Å². The predicted octanol–water partition coefficient (Wildman–Crippen LogP) is 3.03. The third kappa shape index (κ3) is 2.88. The molecule has 0 unspecified atom stereocenters. The molecular formula is C13H15N3O2. The standard InChI is InChI=1S/C13H15N3O2/c1-2-15-7-6-11(10-15)9-14-12-4-3-5-13(8-12)16(17)18/h3-8,10,14H,2,9H2,1H3. The van der Waals surface area contributed by atoms with E-state index < -0.39 is 4.92 Å². The molecule has 0 radical (unpaired) electrons. The van der Waals surface area contributed by atoms with Crippen LogP contribution in [0.15, 0.2) is 42.7 Å². The predicted molar refractivity (Wildman–Crippen MR) is 70.5 cm³/mol. The van der Waals surface area contributed by atoms with E-state index in [-0.39, 0.29) is 5.69 Å². The lowest BCUT2D eigenvalue weighted by Gasteiger charge is -2.04. The Labute approximate surface area is 105 Å². The smallest absolute Gasteiger partial charge is 0.271 e. The summed E-state index contributed by atoms with van der Waals surface area (Å²) in [6, 6.07) is 8.56. The summed E-state index contributed by atoms with van der Waals surface area (Å²) in [7, 11) is 0. The van der Waals surface area contributed by atoms with E-state index in [0.717, 1.165) is 17.8 Å². The minimum Gasteiger partial charge on any atom is -0.381 e. The van der Waals surface area contributed by atoms with Crippen molar-refractivity contribution in [3.05, 3.63) is 58.4 Å². The SMILES string of the molecule is CCn1ccc(CNc2cccc([N+](=O)[O-])c2)c1. The van der Waals surface area contributed by atoms with Crippen molar-refractivity contribution in [2.45, 2.75) is 20.0 Å². The molecule has 5 heteroatoms. The van der Waals surface area contributed by atoms with Crippen molar-refractivity contribution in [3.63, 3.8) is 0 Å². The van der Waals surface area contributed by atoms with Gasteiger partial charge in [0.2, 0.25) is 0 Å². The van der Waals surface area contributed by atoms with Crippen molar-refractivity contribution in [2.24, 2.45) is 0 Å². The van der Waals surface area contributed by atoms with Crippen molar-refractivity contribution in [1.82, 2.24) is 4.57 Å². The summed E-state index contributed by atoms with van der Waals surface area (Å²) in [5, 5.41) is 13.8. The Morgan fingerprint density at radius 1 is 1.39 bits per heavy atom. The van der Waals surface area contributed by atoms with Gasteiger partial charge < -0.3 is 9.88 Å². The van der Waals surface area contributed by atoms with Crippen LogP contribution in [0.1, 0.15) is 12.5 Å². The van der Waals surface area contributed by atoms with Crippen molar-refractivity contribution >= 4 is 11.4 Å². The summed E-state index contributed by atoms with van der Waals surface area (Å²) in [5.41, 5.74) is 2.02. The minimum atomic E-state index is -0.390. The number of non-ortho nitro benzene ring substituents is 1. The Balaban J connectivity index is 2.01. The van der Waals surface area contributed by atoms with E-state index in [1.165, 1.54) is 12.1 Å². The quantitative estimate of drug-likeness (QED) is 0.650. The topological polar surface area (TPSA) is 60.1 Å². The molecule has 1 heterocycles. The van der Waals surface area contributed by atoms with E-state index in [4.69, 9.17) is 0 Å². The number of benzene rings is 1. The first kappa shape index (κ1) is 12.2. The molecule has 0 atom stereocenters. The number of rotatable bonds is 5. The Morgan fingerprint density at radius 3 is 2.89 bits per heavy atom. The maximum Gasteiger partial charge on any atom is 0.271 e. The van der Waals surface area contributed by atoms with E-state index in [9.17, 15) is 10.1 Å². The highest BCUT2D eigenvalue weighted by Gasteiger charge is 2.05. The zero-order valence-electron chi connectivity index (χ0n) is 10.2. The lowest BCUT2D eigenvalue weighted by atomic mass is 10.2. The van der Waals surface area contributed by atoms with Crippen LogP contribution < -0.4 is 5.32 Å². The van der Waals surface area contributed by atoms with Crippen LogP contribution in [0.4, 0.5) is 11.4 Å². The molecule has 0 saturated carbocycles. The zero-order chi connectivity index (χ0) is 13.0. The van der Waals surface area contributed by atoms with Gasteiger partial charge in [-0.25, -0.2) is 0 Å². The summed E-state index contributed by atoms with van der Waals surface area (Å²) in [6.45, 7) is 3.68. The highest BCUT2D eigenvalue weighted by atomic mass is 16.6. The van der Waals surface area contributed by atoms with Crippen LogP contribution in [-0.4, -0.2) is 9.49 Å². The van der Waals surface area contributed by atoms with Gasteiger partial charge in [-0.15, -0.1) is 0 Å². The third-order valence-corrected chi connectivity index (χ3v) is 2.73. The number of aromatic nitrogens is 1. The Bertz CT molecular complexity index is 549. The van der Waals surface area contributed by atoms with Crippen molar-refractivity contribution in [2.75, 3.05) is 5.32 Å². The van der Waals surface area contributed by atoms with Gasteiger partial charge in [0.1, 0.15) is 0 Å². The fourth-order valence-corrected chi connectivity index (χ4v) is 1.73. The Morgan fingerprint density at radius 2 is 2.22 bits per heavy atom. The second kappa shape index (κ2) is 5.35. The van der Waals surface area contributed by atoms with Gasteiger partial charge in [0.25, 0.3) is 5.69 Å². The van der Waals surface area contributed by atoms with Gasteiger partial charge in [-0.3, -0.25) is 10.1 Å². The van der Waals surface area contributed by atoms with Gasteiger partial charge in [-0.2, -0.15) is 0 Å². The average Bonchev–Trinajstić information content (AvgIpc) is 2.84. The van der Waals surface area contributed by atoms with E-state index in [0.29, 0.717) is 6.54 Å². The fourth-order valence-electron chi connectivity index (χ4n) is 1.73. The molecule has 0 saturated heterocycles. The van der Waals surface area contributed by atoms with Crippen LogP contribution in [0.3, 0.4) is 0 Å². The number of nitrogens with one attached hydrogen (secondary N) is 1. The number of anilines is 1. The third-order valence-electron chi connectivity index (χ3n) is 2.73. The molecule has 1 aromatic carbocycles. The molecule has 0 aliphatic carbocycles. The number of nitro groups is 1. The van der Waals surface area contributed by atoms with Gasteiger partial charge >= 0.3 is 0 Å². The largest absolute Gasteiger partial charge is 0.381 e. The van der Waals surface area contributed by atoms with Gasteiger partial charge in [-0.1, -0.05) is 6.07 Å². The first-order chi connectivity index (χ1) is 8.69. The van der Waals surface area contributed by atoms with Gasteiger partial charge in [0, 0.05) is 43.3 Å². The van der Waals surface area contributed by atoms with Crippen LogP contribution in [0, 0.1) is 10.1 Å². The first-order valence-electron chi connectivity index (χ1n) is 5.82. The van der Waals surface area contributed by atoms with E-state index in [1.54, 1.807) is 6.07 Å². The lowest BCUT2D eigenvalue weighted by Crippen LogP contribution is -1.99. The number of aryl methyl sites for hydroxylation is 1. The van der Waals surface area contributed by atoms with Crippen molar-refractivity contribution in [1.29, 1.82) is 0 Å². The summed E-state index contributed by atoms with van der Waals surface area (Å²) < 4.78 is 2.09. The van der Waals surface area contributed by atoms with Crippen LogP contribution in [0.5, 0.6) is 0 Å². The monoisotopic (exact) mass is 245 g/mol. The molecule has 0 fully saturated rings.